The van der Waals surface area contributed by atoms with Crippen molar-refractivity contribution in [1.29, 1.82) is 0 Å². The van der Waals surface area contributed by atoms with E-state index in [-0.39, 0.29) is 5.96 Å². The molecule has 8 nitrogen and oxygen atoms in total. The number of hydrogen-bond donors (Lipinski definition) is 3. The Hall–Kier alpha value is -1.83. The SMILES string of the molecule is CC(C)(C)OC(=O)NC(=NC[C@@H]1CCC[C@H](CN)C1)NC(=O)OC(C)(C)C. The van der Waals surface area contributed by atoms with Gasteiger partial charge in [0.05, 0.1) is 0 Å². The predicted molar refractivity (Wildman–Crippen MR) is 106 cm³/mol. The molecular formula is C19H36N4O4. The molecule has 27 heavy (non-hydrogen) atoms. The zero-order chi connectivity index (χ0) is 20.7. The van der Waals surface area contributed by atoms with Gasteiger partial charge in [0.25, 0.3) is 0 Å². The van der Waals surface area contributed by atoms with Crippen molar-refractivity contribution < 1.29 is 19.1 Å². The van der Waals surface area contributed by atoms with Crippen LogP contribution >= 0.6 is 0 Å². The van der Waals surface area contributed by atoms with Crippen molar-refractivity contribution in [2.75, 3.05) is 13.1 Å². The highest BCUT2D eigenvalue weighted by Crippen LogP contribution is 2.28. The van der Waals surface area contributed by atoms with Gasteiger partial charge in [0.2, 0.25) is 5.96 Å². The molecule has 0 aliphatic heterocycles. The average molecular weight is 385 g/mol. The molecule has 2 amide bonds. The largest absolute Gasteiger partial charge is 0.444 e. The van der Waals surface area contributed by atoms with Crippen LogP contribution in [0.3, 0.4) is 0 Å². The minimum absolute atomic E-state index is 0.0355. The Morgan fingerprint density at radius 3 is 1.89 bits per heavy atom. The summed E-state index contributed by atoms with van der Waals surface area (Å²) in [5.41, 5.74) is 4.48. The Morgan fingerprint density at radius 1 is 0.963 bits per heavy atom. The smallest absolute Gasteiger partial charge is 0.414 e. The van der Waals surface area contributed by atoms with Gasteiger partial charge in [-0.25, -0.2) is 9.59 Å². The predicted octanol–water partition coefficient (Wildman–Crippen LogP) is 3.16. The molecule has 156 valence electrons. The minimum Gasteiger partial charge on any atom is -0.444 e. The molecule has 8 heteroatoms. The van der Waals surface area contributed by atoms with Gasteiger partial charge in [-0.1, -0.05) is 6.42 Å². The Balaban J connectivity index is 2.76. The van der Waals surface area contributed by atoms with Crippen LogP contribution in [0.25, 0.3) is 0 Å². The Bertz CT molecular complexity index is 503. The fourth-order valence-electron chi connectivity index (χ4n) is 2.91. The maximum Gasteiger partial charge on any atom is 0.414 e. The standard InChI is InChI=1S/C19H36N4O4/c1-18(2,3)26-16(24)22-15(23-17(25)27-19(4,5)6)21-12-14-9-7-8-13(10-14)11-20/h13-14H,7-12,20H2,1-6H3,(H2,21,22,23,24,25)/t13-,14+/m0/s1. The molecule has 0 saturated heterocycles. The lowest BCUT2D eigenvalue weighted by molar-refractivity contribution is 0.0545. The van der Waals surface area contributed by atoms with Gasteiger partial charge in [-0.05, 0) is 79.2 Å². The van der Waals surface area contributed by atoms with Crippen LogP contribution in [-0.2, 0) is 9.47 Å². The molecule has 1 fully saturated rings. The van der Waals surface area contributed by atoms with Gasteiger partial charge in [-0.15, -0.1) is 0 Å². The van der Waals surface area contributed by atoms with E-state index in [0.29, 0.717) is 24.9 Å². The first-order valence-corrected chi connectivity index (χ1v) is 9.62. The van der Waals surface area contributed by atoms with Crippen molar-refractivity contribution in [3.63, 3.8) is 0 Å². The van der Waals surface area contributed by atoms with E-state index in [1.807, 2.05) is 0 Å². The maximum atomic E-state index is 12.1. The van der Waals surface area contributed by atoms with Gasteiger partial charge in [-0.2, -0.15) is 0 Å². The van der Waals surface area contributed by atoms with Crippen LogP contribution in [0.1, 0.15) is 67.2 Å². The third kappa shape index (κ3) is 10.8. The first kappa shape index (κ1) is 23.2. The van der Waals surface area contributed by atoms with Crippen LogP contribution < -0.4 is 16.4 Å². The highest BCUT2D eigenvalue weighted by atomic mass is 16.6. The lowest BCUT2D eigenvalue weighted by Gasteiger charge is -2.27. The van der Waals surface area contributed by atoms with Crippen molar-refractivity contribution in [3.8, 4) is 0 Å². The van der Waals surface area contributed by atoms with Crippen LogP contribution in [0.2, 0.25) is 0 Å². The molecule has 2 atom stereocenters. The molecule has 1 aliphatic rings. The molecule has 0 spiro atoms. The zero-order valence-electron chi connectivity index (χ0n) is 17.6. The summed E-state index contributed by atoms with van der Waals surface area (Å²) in [6.07, 6.45) is 2.98. The summed E-state index contributed by atoms with van der Waals surface area (Å²) >= 11 is 0. The number of guanidine groups is 1. The lowest BCUT2D eigenvalue weighted by atomic mass is 9.81. The fourth-order valence-corrected chi connectivity index (χ4v) is 2.91. The summed E-state index contributed by atoms with van der Waals surface area (Å²) in [6, 6.07) is 0. The number of carbonyl (C=O) groups excluding carboxylic acids is 2. The average Bonchev–Trinajstić information content (AvgIpc) is 2.49. The second kappa shape index (κ2) is 9.92. The van der Waals surface area contributed by atoms with Crippen molar-refractivity contribution in [1.82, 2.24) is 10.6 Å². The Labute approximate surface area is 162 Å². The number of nitrogens with zero attached hydrogens (tertiary/aromatic N) is 1. The minimum atomic E-state index is -0.680. The Morgan fingerprint density at radius 2 is 1.44 bits per heavy atom. The van der Waals surface area contributed by atoms with Gasteiger partial charge >= 0.3 is 12.2 Å². The van der Waals surface area contributed by atoms with E-state index in [4.69, 9.17) is 15.2 Å². The topological polar surface area (TPSA) is 115 Å². The first-order valence-electron chi connectivity index (χ1n) is 9.62. The molecule has 0 unspecified atom stereocenters. The highest BCUT2D eigenvalue weighted by molar-refractivity contribution is 6.01. The number of rotatable bonds is 3. The number of nitrogens with one attached hydrogen (secondary N) is 2. The van der Waals surface area contributed by atoms with Crippen LogP contribution in [0.4, 0.5) is 9.59 Å². The molecule has 0 heterocycles. The van der Waals surface area contributed by atoms with E-state index in [9.17, 15) is 9.59 Å². The second-order valence-corrected chi connectivity index (χ2v) is 9.08. The van der Waals surface area contributed by atoms with Crippen molar-refractivity contribution >= 4 is 18.1 Å². The number of carbonyl (C=O) groups is 2. The zero-order valence-corrected chi connectivity index (χ0v) is 17.6. The van der Waals surface area contributed by atoms with Gasteiger partial charge in [0.1, 0.15) is 11.2 Å². The molecule has 4 N–H and O–H groups in total. The third-order valence-electron chi connectivity index (χ3n) is 3.97. The third-order valence-corrected chi connectivity index (χ3v) is 3.97. The van der Waals surface area contributed by atoms with Crippen LogP contribution in [0.5, 0.6) is 0 Å². The summed E-state index contributed by atoms with van der Waals surface area (Å²) < 4.78 is 10.5. The second-order valence-electron chi connectivity index (χ2n) is 9.08. The maximum absolute atomic E-state index is 12.1. The van der Waals surface area contributed by atoms with E-state index in [2.05, 4.69) is 15.6 Å². The normalized spacial score (nSPS) is 20.4. The lowest BCUT2D eigenvalue weighted by Crippen LogP contribution is -2.47. The number of alkyl carbamates (subject to hydrolysis) is 2. The van der Waals surface area contributed by atoms with Gasteiger partial charge < -0.3 is 15.2 Å². The fraction of sp³-hybridized carbons (Fsp3) is 0.842. The first-order chi connectivity index (χ1) is 12.4. The Kier molecular flexibility index (Phi) is 8.53. The van der Waals surface area contributed by atoms with Gasteiger partial charge in [0.15, 0.2) is 0 Å². The molecule has 1 rings (SSSR count). The summed E-state index contributed by atoms with van der Waals surface area (Å²) in [5.74, 6) is 0.927. The number of aliphatic imine (C=N–C) groups is 1. The van der Waals surface area contributed by atoms with Crippen LogP contribution in [0, 0.1) is 11.8 Å². The van der Waals surface area contributed by atoms with Crippen molar-refractivity contribution in [2.24, 2.45) is 22.6 Å². The van der Waals surface area contributed by atoms with E-state index in [1.54, 1.807) is 41.5 Å². The van der Waals surface area contributed by atoms with Gasteiger partial charge in [-0.3, -0.25) is 15.6 Å². The van der Waals surface area contributed by atoms with E-state index < -0.39 is 23.4 Å². The summed E-state index contributed by atoms with van der Waals surface area (Å²) in [4.78, 5) is 28.5. The number of amides is 2. The summed E-state index contributed by atoms with van der Waals surface area (Å²) in [7, 11) is 0. The quantitative estimate of drug-likeness (QED) is 0.511. The van der Waals surface area contributed by atoms with E-state index >= 15 is 0 Å². The van der Waals surface area contributed by atoms with Gasteiger partial charge in [0, 0.05) is 6.54 Å². The van der Waals surface area contributed by atoms with E-state index in [1.165, 1.54) is 0 Å². The van der Waals surface area contributed by atoms with Crippen LogP contribution in [0.15, 0.2) is 4.99 Å². The number of hydrogen-bond acceptors (Lipinski definition) is 6. The monoisotopic (exact) mass is 384 g/mol. The molecule has 0 radical (unpaired) electrons. The summed E-state index contributed by atoms with van der Waals surface area (Å²) in [5, 5.41) is 5.01. The van der Waals surface area contributed by atoms with Crippen molar-refractivity contribution in [3.05, 3.63) is 0 Å². The number of ether oxygens (including phenoxy) is 2. The van der Waals surface area contributed by atoms with Crippen molar-refractivity contribution in [2.45, 2.75) is 78.4 Å². The molecule has 0 bridgehead atoms. The van der Waals surface area contributed by atoms with Crippen LogP contribution in [-0.4, -0.2) is 42.4 Å². The highest BCUT2D eigenvalue weighted by Gasteiger charge is 2.23. The number of nitrogens with two attached hydrogens (primary N) is 1. The molecule has 0 aromatic carbocycles. The molecule has 1 saturated carbocycles. The molecular weight excluding hydrogens is 348 g/mol. The van der Waals surface area contributed by atoms with E-state index in [0.717, 1.165) is 25.7 Å². The molecule has 1 aliphatic carbocycles. The molecule has 0 aromatic heterocycles. The molecule has 0 aromatic rings. The summed E-state index contributed by atoms with van der Waals surface area (Å²) in [6.45, 7) is 11.8.